The van der Waals surface area contributed by atoms with Gasteiger partial charge in [-0.15, -0.1) is 0 Å². The van der Waals surface area contributed by atoms with Gasteiger partial charge in [0.05, 0.1) is 1.37 Å². The molecule has 1 atom stereocenters. The van der Waals surface area contributed by atoms with Crippen molar-refractivity contribution < 1.29 is 21.5 Å². The number of aliphatic carboxylic acids is 1. The number of hydrogen-bond donors (Lipinski definition) is 3. The smallest absolute Gasteiger partial charge is 0.320 e. The van der Waals surface area contributed by atoms with Crippen LogP contribution in [0.5, 0.6) is 0 Å². The van der Waals surface area contributed by atoms with Crippen molar-refractivity contribution >= 4 is 11.9 Å². The van der Waals surface area contributed by atoms with E-state index in [9.17, 15) is 9.59 Å². The van der Waals surface area contributed by atoms with Gasteiger partial charge in [-0.2, -0.15) is 0 Å². The summed E-state index contributed by atoms with van der Waals surface area (Å²) in [6.45, 7) is 0. The van der Waals surface area contributed by atoms with Gasteiger partial charge in [0.15, 0.2) is 0 Å². The molecule has 0 aromatic heterocycles. The number of primary amides is 1. The SMILES string of the molecule is [2H]C([2H])(C([15NH2])=O)C([2H])([2H])[C@]([2H])([15NH2])C(=O)O. The third kappa shape index (κ3) is 3.85. The van der Waals surface area contributed by atoms with E-state index >= 15 is 0 Å². The number of amides is 1. The second-order valence-electron chi connectivity index (χ2n) is 1.33. The zero-order chi connectivity index (χ0) is 12.7. The van der Waals surface area contributed by atoms with Gasteiger partial charge in [-0.3, -0.25) is 9.59 Å². The van der Waals surface area contributed by atoms with Crippen LogP contribution in [0, 0.1) is 0 Å². The maximum absolute atomic E-state index is 10.6. The van der Waals surface area contributed by atoms with E-state index in [1.54, 1.807) is 0 Å². The summed E-state index contributed by atoms with van der Waals surface area (Å²) in [5.41, 5.74) is 9.37. The molecule has 0 aliphatic heterocycles. The van der Waals surface area contributed by atoms with E-state index < -0.39 is 30.6 Å². The van der Waals surface area contributed by atoms with Gasteiger partial charge in [0.2, 0.25) is 5.91 Å². The molecule has 0 unspecified atom stereocenters. The largest absolute Gasteiger partial charge is 0.480 e. The molecule has 0 aromatic rings. The fourth-order valence-corrected chi connectivity index (χ4v) is 0.182. The van der Waals surface area contributed by atoms with E-state index in [1.807, 2.05) is 0 Å². The summed E-state index contributed by atoms with van der Waals surface area (Å²) in [6, 6.07) is -3.31. The Kier molecular flexibility index (Phi) is 1.28. The molecule has 0 aliphatic rings. The van der Waals surface area contributed by atoms with Crippen LogP contribution in [0.15, 0.2) is 0 Å². The predicted octanol–water partition coefficient (Wildman–Crippen LogP) is -1.34. The number of carbonyl (C=O) groups is 2. The number of nitrogens with two attached hydrogens (primary N) is 2. The first kappa shape index (κ1) is 3.34. The molecular formula is C5H10N2O3. The van der Waals surface area contributed by atoms with Crippen molar-refractivity contribution in [2.24, 2.45) is 11.5 Å². The van der Waals surface area contributed by atoms with Gasteiger partial charge in [0, 0.05) is 11.9 Å². The second-order valence-corrected chi connectivity index (χ2v) is 1.33. The van der Waals surface area contributed by atoms with Crippen LogP contribution in [0.25, 0.3) is 0 Å². The standard InChI is InChI=1S/C5H10N2O3/c6-3(5(9)10)1-2-4(7)8/h3H,1-2,6H2,(H2,7,8)(H,9,10)/t3-/m0/s1/i1D2,2D2,3D,6+1,7+1. The number of rotatable bonds is 4. The van der Waals surface area contributed by atoms with Crippen LogP contribution < -0.4 is 11.5 Å². The van der Waals surface area contributed by atoms with Crippen molar-refractivity contribution in [2.75, 3.05) is 0 Å². The molecule has 5 nitrogen and oxygen atoms in total. The highest BCUT2D eigenvalue weighted by molar-refractivity contribution is 5.76. The number of carboxylic acid groups (broad SMARTS) is 1. The number of carboxylic acids is 1. The monoisotopic (exact) mass is 153 g/mol. The molecule has 0 rings (SSSR count). The lowest BCUT2D eigenvalue weighted by molar-refractivity contribution is -0.138. The van der Waals surface area contributed by atoms with Crippen LogP contribution in [0.4, 0.5) is 0 Å². The minimum absolute atomic E-state index is 1.73. The van der Waals surface area contributed by atoms with Gasteiger partial charge in [-0.1, -0.05) is 0 Å². The van der Waals surface area contributed by atoms with Gasteiger partial charge in [0.25, 0.3) is 0 Å². The van der Waals surface area contributed by atoms with Gasteiger partial charge in [-0.25, -0.2) is 0 Å². The van der Waals surface area contributed by atoms with Crippen molar-refractivity contribution in [3.05, 3.63) is 0 Å². The lowest BCUT2D eigenvalue weighted by atomic mass is 10.2. The Morgan fingerprint density at radius 1 is 1.80 bits per heavy atom. The molecule has 0 saturated carbocycles. The minimum Gasteiger partial charge on any atom is -0.480 e. The molecule has 5 heteroatoms. The highest BCUT2D eigenvalue weighted by Gasteiger charge is 2.11. The van der Waals surface area contributed by atoms with E-state index in [0.717, 1.165) is 0 Å². The molecule has 5 N–H and O–H groups in total. The molecule has 0 aromatic carbocycles. The molecule has 0 radical (unpaired) electrons. The second kappa shape index (κ2) is 3.84. The van der Waals surface area contributed by atoms with Gasteiger partial charge in [-0.05, 0) is 6.37 Å². The molecule has 0 aliphatic carbocycles. The van der Waals surface area contributed by atoms with E-state index in [4.69, 9.17) is 17.7 Å². The maximum atomic E-state index is 10.6. The molecule has 58 valence electrons. The fourth-order valence-electron chi connectivity index (χ4n) is 0.182. The van der Waals surface area contributed by atoms with Crippen molar-refractivity contribution in [1.29, 1.82) is 0 Å². The Morgan fingerprint density at radius 2 is 2.30 bits per heavy atom. The van der Waals surface area contributed by atoms with Crippen LogP contribution >= 0.6 is 0 Å². The normalized spacial score (nSPS) is 25.9. The Morgan fingerprint density at radius 3 is 2.60 bits per heavy atom. The fraction of sp³-hybridized carbons (Fsp3) is 0.600. The van der Waals surface area contributed by atoms with Crippen LogP contribution in [-0.2, 0) is 9.59 Å². The summed E-state index contributed by atoms with van der Waals surface area (Å²) >= 11 is 0. The van der Waals surface area contributed by atoms with Crippen LogP contribution in [0.1, 0.15) is 19.6 Å². The van der Waals surface area contributed by atoms with Gasteiger partial charge in [0.1, 0.15) is 6.02 Å². The van der Waals surface area contributed by atoms with Crippen molar-refractivity contribution in [2.45, 2.75) is 18.8 Å². The Labute approximate surface area is 65.0 Å². The van der Waals surface area contributed by atoms with Crippen LogP contribution in [0.2, 0.25) is 0 Å². The molecule has 0 saturated heterocycles. The molecule has 0 spiro atoms. The van der Waals surface area contributed by atoms with E-state index in [-0.39, 0.29) is 0 Å². The summed E-state index contributed by atoms with van der Waals surface area (Å²) < 4.78 is 35.1. The minimum atomic E-state index is -3.46. The summed E-state index contributed by atoms with van der Waals surface area (Å²) in [6.07, 6.45) is -6.82. The summed E-state index contributed by atoms with van der Waals surface area (Å²) in [7, 11) is 0. The zero-order valence-corrected chi connectivity index (χ0v) is 4.92. The third-order valence-electron chi connectivity index (χ3n) is 0.551. The van der Waals surface area contributed by atoms with Crippen LogP contribution in [0.3, 0.4) is 0 Å². The molecule has 10 heavy (non-hydrogen) atoms. The molecular weight excluding hydrogens is 138 g/mol. The van der Waals surface area contributed by atoms with Crippen molar-refractivity contribution in [3.63, 3.8) is 0 Å². The predicted molar refractivity (Wildman–Crippen MR) is 34.0 cm³/mol. The van der Waals surface area contributed by atoms with Gasteiger partial charge >= 0.3 is 5.97 Å². The summed E-state index contributed by atoms with van der Waals surface area (Å²) in [4.78, 5) is 21.1. The van der Waals surface area contributed by atoms with Crippen LogP contribution in [-0.4, -0.2) is 23.0 Å². The molecule has 0 fully saturated rings. The number of carbonyl (C=O) groups excluding carboxylic acids is 1. The van der Waals surface area contributed by atoms with Crippen molar-refractivity contribution in [3.8, 4) is 0 Å². The van der Waals surface area contributed by atoms with E-state index in [0.29, 0.717) is 0 Å². The molecule has 1 amide bonds. The highest BCUT2D eigenvalue weighted by atomic mass is 16.4. The third-order valence-corrected chi connectivity index (χ3v) is 0.551. The molecule has 0 heterocycles. The Hall–Kier alpha value is -1.10. The maximum Gasteiger partial charge on any atom is 0.320 e. The summed E-state index contributed by atoms with van der Waals surface area (Å²) in [5, 5.41) is 8.45. The zero-order valence-electron chi connectivity index (χ0n) is 9.92. The molecule has 0 bridgehead atoms. The van der Waals surface area contributed by atoms with E-state index in [2.05, 4.69) is 5.73 Å². The topological polar surface area (TPSA) is 106 Å². The Balaban J connectivity index is 5.50. The first-order valence-corrected chi connectivity index (χ1v) is 2.21. The van der Waals surface area contributed by atoms with Gasteiger partial charge < -0.3 is 16.6 Å². The lowest BCUT2D eigenvalue weighted by Gasteiger charge is -2.01. The highest BCUT2D eigenvalue weighted by Crippen LogP contribution is 1.92. The van der Waals surface area contributed by atoms with Crippen molar-refractivity contribution in [1.82, 2.24) is 0 Å². The first-order chi connectivity index (χ1) is 6.39. The Bertz CT molecular complexity index is 275. The summed E-state index contributed by atoms with van der Waals surface area (Å²) in [5.74, 6) is -3.83. The average Bonchev–Trinajstić information content (AvgIpc) is 2.02. The first-order valence-electron chi connectivity index (χ1n) is 4.71. The number of hydrogen-bond acceptors (Lipinski definition) is 3. The lowest BCUT2D eigenvalue weighted by Crippen LogP contribution is -2.31. The van der Waals surface area contributed by atoms with E-state index in [1.165, 1.54) is 0 Å². The quantitative estimate of drug-likeness (QED) is 0.434. The average molecular weight is 153 g/mol.